The number of halogens is 1. The molecule has 21 heavy (non-hydrogen) atoms. The van der Waals surface area contributed by atoms with Crippen LogP contribution >= 0.6 is 15.9 Å². The molecule has 1 saturated heterocycles. The summed E-state index contributed by atoms with van der Waals surface area (Å²) in [5.41, 5.74) is 0.606. The topological polar surface area (TPSA) is 41.1 Å². The first-order chi connectivity index (χ1) is 10.1. The molecule has 0 saturated carbocycles. The lowest BCUT2D eigenvalue weighted by atomic mass is 9.80. The molecule has 2 aromatic carbocycles. The molecule has 2 N–H and O–H groups in total. The monoisotopic (exact) mass is 346 g/mol. The van der Waals surface area contributed by atoms with Crippen molar-refractivity contribution in [1.29, 1.82) is 0 Å². The number of rotatable bonds is 2. The molecule has 3 nitrogen and oxygen atoms in total. The van der Waals surface area contributed by atoms with Gasteiger partial charge in [-0.05, 0) is 61.0 Å². The molecule has 110 valence electrons. The van der Waals surface area contributed by atoms with Crippen LogP contribution in [0.15, 0.2) is 40.9 Å². The zero-order chi connectivity index (χ0) is 14.9. The van der Waals surface area contributed by atoms with Crippen molar-refractivity contribution in [3.63, 3.8) is 0 Å². The Balaban J connectivity index is 1.81. The van der Waals surface area contributed by atoms with Gasteiger partial charge in [-0.25, -0.2) is 0 Å². The van der Waals surface area contributed by atoms with Gasteiger partial charge in [0.25, 0.3) is 0 Å². The van der Waals surface area contributed by atoms with E-state index in [1.165, 1.54) is 0 Å². The molecule has 1 heterocycles. The van der Waals surface area contributed by atoms with Crippen LogP contribution in [-0.4, -0.2) is 19.0 Å². The lowest BCUT2D eigenvalue weighted by molar-refractivity contribution is -0.126. The summed E-state index contributed by atoms with van der Waals surface area (Å²) in [6, 6.07) is 12.2. The Kier molecular flexibility index (Phi) is 4.00. The average molecular weight is 347 g/mol. The van der Waals surface area contributed by atoms with E-state index in [0.29, 0.717) is 0 Å². The Hall–Kier alpha value is -1.39. The number of fused-ring (bicyclic) bond motifs is 1. The van der Waals surface area contributed by atoms with E-state index in [9.17, 15) is 4.79 Å². The van der Waals surface area contributed by atoms with Gasteiger partial charge < -0.3 is 10.6 Å². The van der Waals surface area contributed by atoms with E-state index < -0.39 is 0 Å². The summed E-state index contributed by atoms with van der Waals surface area (Å²) in [7, 11) is 0. The molecular weight excluding hydrogens is 328 g/mol. The highest BCUT2D eigenvalue weighted by molar-refractivity contribution is 9.10. The summed E-state index contributed by atoms with van der Waals surface area (Å²) < 4.78 is 1.06. The Morgan fingerprint density at radius 2 is 1.81 bits per heavy atom. The number of nitrogens with one attached hydrogen (secondary N) is 2. The fourth-order valence-electron chi connectivity index (χ4n) is 2.78. The minimum atomic E-state index is -0.264. The average Bonchev–Trinajstić information content (AvgIpc) is 2.48. The third kappa shape index (κ3) is 3.11. The smallest absolute Gasteiger partial charge is 0.230 e. The molecule has 0 spiro atoms. The van der Waals surface area contributed by atoms with Gasteiger partial charge >= 0.3 is 0 Å². The normalized spacial score (nSPS) is 17.6. The number of carbonyl (C=O) groups is 1. The number of piperidine rings is 1. The summed E-state index contributed by atoms with van der Waals surface area (Å²) in [5, 5.41) is 8.68. The fraction of sp³-hybridized carbons (Fsp3) is 0.353. The van der Waals surface area contributed by atoms with E-state index in [-0.39, 0.29) is 11.3 Å². The molecular formula is C17H19BrN2O. The number of carbonyl (C=O) groups excluding carboxylic acids is 1. The van der Waals surface area contributed by atoms with Crippen LogP contribution in [0.4, 0.5) is 5.69 Å². The molecule has 0 aliphatic carbocycles. The minimum absolute atomic E-state index is 0.125. The van der Waals surface area contributed by atoms with Crippen LogP contribution in [0.25, 0.3) is 10.8 Å². The van der Waals surface area contributed by atoms with Gasteiger partial charge in [-0.3, -0.25) is 4.79 Å². The van der Waals surface area contributed by atoms with Gasteiger partial charge in [-0.1, -0.05) is 35.0 Å². The van der Waals surface area contributed by atoms with Crippen LogP contribution in [0.1, 0.15) is 19.8 Å². The van der Waals surface area contributed by atoms with E-state index in [4.69, 9.17) is 0 Å². The zero-order valence-electron chi connectivity index (χ0n) is 12.1. The number of amides is 1. The van der Waals surface area contributed by atoms with Gasteiger partial charge in [-0.15, -0.1) is 0 Å². The van der Waals surface area contributed by atoms with Crippen molar-refractivity contribution in [2.45, 2.75) is 19.8 Å². The van der Waals surface area contributed by atoms with Crippen molar-refractivity contribution >= 4 is 38.3 Å². The first-order valence-corrected chi connectivity index (χ1v) is 8.08. The van der Waals surface area contributed by atoms with E-state index in [1.807, 2.05) is 24.3 Å². The summed E-state index contributed by atoms with van der Waals surface area (Å²) in [6.07, 6.45) is 1.78. The highest BCUT2D eigenvalue weighted by Crippen LogP contribution is 2.30. The molecule has 0 aromatic heterocycles. The Morgan fingerprint density at radius 1 is 1.14 bits per heavy atom. The molecule has 0 unspecified atom stereocenters. The highest BCUT2D eigenvalue weighted by atomic mass is 79.9. The van der Waals surface area contributed by atoms with Crippen LogP contribution in [0.3, 0.4) is 0 Å². The molecule has 1 aliphatic heterocycles. The molecule has 0 atom stereocenters. The maximum absolute atomic E-state index is 12.5. The predicted octanol–water partition coefficient (Wildman–Crippen LogP) is 3.93. The Bertz CT molecular complexity index is 678. The van der Waals surface area contributed by atoms with Crippen molar-refractivity contribution in [3.8, 4) is 0 Å². The molecule has 0 bridgehead atoms. The summed E-state index contributed by atoms with van der Waals surface area (Å²) in [6.45, 7) is 3.88. The SMILES string of the molecule is CC1(C(=O)Nc2ccc3cc(Br)ccc3c2)CCNCC1. The second kappa shape index (κ2) is 5.78. The van der Waals surface area contributed by atoms with Crippen molar-refractivity contribution in [1.82, 2.24) is 5.32 Å². The van der Waals surface area contributed by atoms with Gasteiger partial charge in [0.2, 0.25) is 5.91 Å². The minimum Gasteiger partial charge on any atom is -0.326 e. The largest absolute Gasteiger partial charge is 0.326 e. The second-order valence-corrected chi connectivity index (χ2v) is 6.89. The van der Waals surface area contributed by atoms with E-state index in [2.05, 4.69) is 45.6 Å². The van der Waals surface area contributed by atoms with Crippen LogP contribution in [0, 0.1) is 5.41 Å². The molecule has 1 aliphatic rings. The molecule has 1 amide bonds. The highest BCUT2D eigenvalue weighted by Gasteiger charge is 2.34. The summed E-state index contributed by atoms with van der Waals surface area (Å²) in [5.74, 6) is 0.125. The van der Waals surface area contributed by atoms with Crippen molar-refractivity contribution in [3.05, 3.63) is 40.9 Å². The van der Waals surface area contributed by atoms with Gasteiger partial charge in [0, 0.05) is 15.6 Å². The van der Waals surface area contributed by atoms with Crippen LogP contribution < -0.4 is 10.6 Å². The van der Waals surface area contributed by atoms with Crippen molar-refractivity contribution < 1.29 is 4.79 Å². The van der Waals surface area contributed by atoms with Crippen LogP contribution in [-0.2, 0) is 4.79 Å². The fourth-order valence-corrected chi connectivity index (χ4v) is 3.16. The molecule has 3 rings (SSSR count). The first kappa shape index (κ1) is 14.5. The molecule has 4 heteroatoms. The third-order valence-corrected chi connectivity index (χ3v) is 4.81. The van der Waals surface area contributed by atoms with Crippen LogP contribution in [0.2, 0.25) is 0 Å². The van der Waals surface area contributed by atoms with Gasteiger partial charge in [0.05, 0.1) is 0 Å². The number of hydrogen-bond acceptors (Lipinski definition) is 2. The zero-order valence-corrected chi connectivity index (χ0v) is 13.7. The van der Waals surface area contributed by atoms with E-state index >= 15 is 0 Å². The van der Waals surface area contributed by atoms with Gasteiger partial charge in [0.1, 0.15) is 0 Å². The molecule has 0 radical (unpaired) electrons. The number of anilines is 1. The standard InChI is InChI=1S/C17H19BrN2O/c1-17(6-8-19-9-7-17)16(21)20-15-5-3-12-10-14(18)4-2-13(12)11-15/h2-5,10-11,19H,6-9H2,1H3,(H,20,21). The van der Waals surface area contributed by atoms with Gasteiger partial charge in [-0.2, -0.15) is 0 Å². The van der Waals surface area contributed by atoms with E-state index in [0.717, 1.165) is 46.9 Å². The lowest BCUT2D eigenvalue weighted by Crippen LogP contribution is -2.42. The lowest BCUT2D eigenvalue weighted by Gasteiger charge is -2.32. The van der Waals surface area contributed by atoms with E-state index in [1.54, 1.807) is 0 Å². The van der Waals surface area contributed by atoms with Gasteiger partial charge in [0.15, 0.2) is 0 Å². The van der Waals surface area contributed by atoms with Crippen molar-refractivity contribution in [2.75, 3.05) is 18.4 Å². The quantitative estimate of drug-likeness (QED) is 0.864. The number of hydrogen-bond donors (Lipinski definition) is 2. The third-order valence-electron chi connectivity index (χ3n) is 4.32. The molecule has 1 fully saturated rings. The summed E-state index contributed by atoms with van der Waals surface area (Å²) >= 11 is 3.47. The summed E-state index contributed by atoms with van der Waals surface area (Å²) in [4.78, 5) is 12.5. The maximum atomic E-state index is 12.5. The second-order valence-electron chi connectivity index (χ2n) is 5.97. The van der Waals surface area contributed by atoms with Crippen molar-refractivity contribution in [2.24, 2.45) is 5.41 Å². The van der Waals surface area contributed by atoms with Crippen LogP contribution in [0.5, 0.6) is 0 Å². The Morgan fingerprint density at radius 3 is 2.57 bits per heavy atom. The number of benzene rings is 2. The Labute approximate surface area is 133 Å². The molecule has 2 aromatic rings. The first-order valence-electron chi connectivity index (χ1n) is 7.28. The predicted molar refractivity (Wildman–Crippen MR) is 90.5 cm³/mol. The maximum Gasteiger partial charge on any atom is 0.230 e.